The molecule has 1 aromatic heterocycles. The number of aromatic nitrogens is 2. The maximum Gasteiger partial charge on any atom is 0.326 e. The van der Waals surface area contributed by atoms with Crippen LogP contribution in [0, 0.1) is 0 Å². The highest BCUT2D eigenvalue weighted by atomic mass is 35.5. The molecule has 0 saturated heterocycles. The molecule has 0 saturated carbocycles. The van der Waals surface area contributed by atoms with Crippen molar-refractivity contribution in [3.8, 4) is 0 Å². The predicted molar refractivity (Wildman–Crippen MR) is 44.5 cm³/mol. The van der Waals surface area contributed by atoms with Crippen LogP contribution in [0.25, 0.3) is 0 Å². The number of hydrogen-bond donors (Lipinski definition) is 2. The third-order valence-corrected chi connectivity index (χ3v) is 2.12. The Balaban J connectivity index is 2.75. The van der Waals surface area contributed by atoms with Crippen LogP contribution in [0.4, 0.5) is 0 Å². The summed E-state index contributed by atoms with van der Waals surface area (Å²) in [6.07, 6.45) is -0.971. The summed E-state index contributed by atoms with van der Waals surface area (Å²) in [4.78, 5) is 10.6. The maximum atomic E-state index is 10.9. The second-order valence-corrected chi connectivity index (χ2v) is 3.66. The van der Waals surface area contributed by atoms with Gasteiger partial charge in [-0.25, -0.2) is 4.68 Å². The van der Waals surface area contributed by atoms with Crippen molar-refractivity contribution in [2.45, 2.75) is 12.6 Å². The van der Waals surface area contributed by atoms with Gasteiger partial charge in [-0.1, -0.05) is 0 Å². The van der Waals surface area contributed by atoms with Crippen LogP contribution in [0.15, 0.2) is 4.79 Å². The quantitative estimate of drug-likeness (QED) is 0.693. The van der Waals surface area contributed by atoms with Crippen molar-refractivity contribution in [2.24, 2.45) is 0 Å². The highest BCUT2D eigenvalue weighted by Gasteiger charge is 2.08. The lowest BCUT2D eigenvalue weighted by atomic mass is 10.4. The molecule has 2 N–H and O–H groups in total. The fourth-order valence-electron chi connectivity index (χ4n) is 0.654. The first-order valence-electron chi connectivity index (χ1n) is 3.16. The lowest BCUT2D eigenvalue weighted by Gasteiger charge is -2.04. The molecule has 68 valence electrons. The van der Waals surface area contributed by atoms with Gasteiger partial charge in [0.05, 0.1) is 19.3 Å². The Hall–Kier alpha value is -0.430. The molecule has 1 aromatic rings. The monoisotopic (exact) mass is 210 g/mol. The maximum absolute atomic E-state index is 10.9. The third-order valence-electron chi connectivity index (χ3n) is 1.18. The Morgan fingerprint density at radius 1 is 1.75 bits per heavy atom. The van der Waals surface area contributed by atoms with Crippen LogP contribution in [0.3, 0.4) is 0 Å². The summed E-state index contributed by atoms with van der Waals surface area (Å²) < 4.78 is 1.15. The molecule has 5 nitrogen and oxygen atoms in total. The van der Waals surface area contributed by atoms with Gasteiger partial charge >= 0.3 is 4.87 Å². The van der Waals surface area contributed by atoms with Crippen molar-refractivity contribution < 1.29 is 10.2 Å². The fourth-order valence-corrected chi connectivity index (χ4v) is 1.45. The van der Waals surface area contributed by atoms with Crippen molar-refractivity contribution in [1.29, 1.82) is 0 Å². The number of aliphatic hydroxyl groups is 2. The van der Waals surface area contributed by atoms with E-state index in [1.54, 1.807) is 0 Å². The molecule has 0 radical (unpaired) electrons. The lowest BCUT2D eigenvalue weighted by Crippen LogP contribution is -2.26. The van der Waals surface area contributed by atoms with Crippen molar-refractivity contribution in [1.82, 2.24) is 9.78 Å². The molecule has 0 aliphatic rings. The largest absolute Gasteiger partial charge is 0.394 e. The fraction of sp³-hybridized carbons (Fsp3) is 0.600. The van der Waals surface area contributed by atoms with E-state index < -0.39 is 12.7 Å². The first kappa shape index (κ1) is 9.66. The molecule has 7 heteroatoms. The molecule has 0 amide bonds. The van der Waals surface area contributed by atoms with Crippen LogP contribution in [0.1, 0.15) is 0 Å². The Bertz CT molecular complexity index is 310. The van der Waals surface area contributed by atoms with Gasteiger partial charge in [-0.15, -0.1) is 5.10 Å². The average Bonchev–Trinajstić information content (AvgIpc) is 2.30. The Morgan fingerprint density at radius 3 is 2.83 bits per heavy atom. The molecule has 0 aromatic carbocycles. The number of nitrogens with zero attached hydrogens (tertiary/aromatic N) is 2. The van der Waals surface area contributed by atoms with Crippen molar-refractivity contribution in [3.63, 3.8) is 0 Å². The van der Waals surface area contributed by atoms with Crippen LogP contribution >= 0.6 is 22.9 Å². The minimum atomic E-state index is -0.971. The molecule has 0 bridgehead atoms. The van der Waals surface area contributed by atoms with Gasteiger partial charge in [0.2, 0.25) is 4.47 Å². The van der Waals surface area contributed by atoms with Crippen LogP contribution in [-0.4, -0.2) is 32.7 Å². The molecule has 1 atom stereocenters. The summed E-state index contributed by atoms with van der Waals surface area (Å²) in [6, 6.07) is 0. The second kappa shape index (κ2) is 3.99. The van der Waals surface area contributed by atoms with Crippen LogP contribution in [0.2, 0.25) is 4.47 Å². The summed E-state index contributed by atoms with van der Waals surface area (Å²) in [5.74, 6) is 0. The van der Waals surface area contributed by atoms with E-state index in [0.717, 1.165) is 16.0 Å². The molecular formula is C5H7ClN2O3S. The number of halogens is 1. The molecule has 1 unspecified atom stereocenters. The van der Waals surface area contributed by atoms with Gasteiger partial charge < -0.3 is 10.2 Å². The van der Waals surface area contributed by atoms with Gasteiger partial charge in [0, 0.05) is 0 Å². The highest BCUT2D eigenvalue weighted by molar-refractivity contribution is 7.13. The molecule has 0 spiro atoms. The highest BCUT2D eigenvalue weighted by Crippen LogP contribution is 2.05. The van der Waals surface area contributed by atoms with Crippen LogP contribution in [0.5, 0.6) is 0 Å². The summed E-state index contributed by atoms with van der Waals surface area (Å²) in [7, 11) is 0. The van der Waals surface area contributed by atoms with E-state index >= 15 is 0 Å². The molecule has 12 heavy (non-hydrogen) atoms. The molecule has 0 aliphatic heterocycles. The SMILES string of the molecule is O=c1sc(Cl)nn1CC(O)CO. The predicted octanol–water partition coefficient (Wildman–Crippen LogP) is -0.689. The van der Waals surface area contributed by atoms with E-state index in [9.17, 15) is 4.79 Å². The van der Waals surface area contributed by atoms with E-state index in [0.29, 0.717) is 0 Å². The van der Waals surface area contributed by atoms with Gasteiger partial charge in [-0.05, 0) is 22.9 Å². The first-order valence-corrected chi connectivity index (χ1v) is 4.35. The second-order valence-electron chi connectivity index (χ2n) is 2.14. The Labute approximate surface area is 76.8 Å². The van der Waals surface area contributed by atoms with Crippen molar-refractivity contribution in [2.75, 3.05) is 6.61 Å². The van der Waals surface area contributed by atoms with Crippen molar-refractivity contribution in [3.05, 3.63) is 14.1 Å². The minimum Gasteiger partial charge on any atom is -0.394 e. The molecule has 0 aliphatic carbocycles. The van der Waals surface area contributed by atoms with Gasteiger partial charge in [0.15, 0.2) is 0 Å². The van der Waals surface area contributed by atoms with Crippen molar-refractivity contribution >= 4 is 22.9 Å². The van der Waals surface area contributed by atoms with E-state index in [-0.39, 0.29) is 15.9 Å². The zero-order chi connectivity index (χ0) is 9.14. The lowest BCUT2D eigenvalue weighted by molar-refractivity contribution is 0.0776. The standard InChI is InChI=1S/C5H7ClN2O3S/c6-4-7-8(5(11)12-4)1-3(10)2-9/h3,9-10H,1-2H2. The van der Waals surface area contributed by atoms with Crippen LogP contribution in [-0.2, 0) is 6.54 Å². The van der Waals surface area contributed by atoms with E-state index in [4.69, 9.17) is 21.8 Å². The van der Waals surface area contributed by atoms with Gasteiger partial charge in [-0.2, -0.15) is 0 Å². The van der Waals surface area contributed by atoms with Gasteiger partial charge in [0.1, 0.15) is 0 Å². The van der Waals surface area contributed by atoms with E-state index in [1.807, 2.05) is 0 Å². The zero-order valence-electron chi connectivity index (χ0n) is 5.97. The summed E-state index contributed by atoms with van der Waals surface area (Å²) in [5.41, 5.74) is 0. The average molecular weight is 211 g/mol. The summed E-state index contributed by atoms with van der Waals surface area (Å²) in [6.45, 7) is -0.430. The molecular weight excluding hydrogens is 204 g/mol. The van der Waals surface area contributed by atoms with E-state index in [1.165, 1.54) is 0 Å². The zero-order valence-corrected chi connectivity index (χ0v) is 7.55. The van der Waals surface area contributed by atoms with Gasteiger partial charge in [-0.3, -0.25) is 4.79 Å². The summed E-state index contributed by atoms with van der Waals surface area (Å²) >= 11 is 6.23. The Kier molecular flexibility index (Phi) is 3.21. The number of aliphatic hydroxyl groups excluding tert-OH is 2. The molecule has 0 fully saturated rings. The third kappa shape index (κ3) is 2.28. The topological polar surface area (TPSA) is 75.4 Å². The normalized spacial score (nSPS) is 13.2. The first-order chi connectivity index (χ1) is 5.63. The van der Waals surface area contributed by atoms with Crippen LogP contribution < -0.4 is 4.87 Å². The summed E-state index contributed by atoms with van der Waals surface area (Å²) in [5, 5.41) is 21.0. The molecule has 1 heterocycles. The smallest absolute Gasteiger partial charge is 0.326 e. The number of hydrogen-bond acceptors (Lipinski definition) is 5. The molecule has 1 rings (SSSR count). The Morgan fingerprint density at radius 2 is 2.42 bits per heavy atom. The number of rotatable bonds is 3. The minimum absolute atomic E-state index is 0.0292. The van der Waals surface area contributed by atoms with Gasteiger partial charge in [0.25, 0.3) is 0 Å². The van der Waals surface area contributed by atoms with E-state index in [2.05, 4.69) is 5.10 Å².